The largest absolute Gasteiger partial charge is 0.330 e. The van der Waals surface area contributed by atoms with Gasteiger partial charge in [-0.1, -0.05) is 13.8 Å². The summed E-state index contributed by atoms with van der Waals surface area (Å²) in [5.41, 5.74) is 6.65. The highest BCUT2D eigenvalue weighted by Gasteiger charge is 2.10. The van der Waals surface area contributed by atoms with Crippen LogP contribution in [-0.2, 0) is 6.54 Å². The molecule has 4 heteroatoms. The van der Waals surface area contributed by atoms with Crippen molar-refractivity contribution in [2.75, 3.05) is 13.1 Å². The van der Waals surface area contributed by atoms with E-state index < -0.39 is 0 Å². The van der Waals surface area contributed by atoms with E-state index in [1.807, 2.05) is 12.1 Å². The molecule has 0 aromatic carbocycles. The van der Waals surface area contributed by atoms with Gasteiger partial charge in [-0.2, -0.15) is 10.2 Å². The lowest BCUT2D eigenvalue weighted by atomic mass is 9.96. The Morgan fingerprint density at radius 1 is 1.47 bits per heavy atom. The molecular formula is C11H20N4. The molecule has 3 N–H and O–H groups in total. The van der Waals surface area contributed by atoms with E-state index in [4.69, 9.17) is 5.73 Å². The molecule has 0 aliphatic rings. The number of nitrogens with two attached hydrogens (primary N) is 1. The van der Waals surface area contributed by atoms with Gasteiger partial charge in [0.2, 0.25) is 0 Å². The molecule has 15 heavy (non-hydrogen) atoms. The summed E-state index contributed by atoms with van der Waals surface area (Å²) >= 11 is 0. The maximum Gasteiger partial charge on any atom is 0.0768 e. The van der Waals surface area contributed by atoms with Crippen LogP contribution in [0.5, 0.6) is 0 Å². The molecule has 84 valence electrons. The monoisotopic (exact) mass is 208 g/mol. The van der Waals surface area contributed by atoms with Crippen molar-refractivity contribution in [1.82, 2.24) is 15.5 Å². The molecule has 0 saturated carbocycles. The number of aromatic nitrogens is 2. The van der Waals surface area contributed by atoms with Gasteiger partial charge in [0.05, 0.1) is 5.69 Å². The molecule has 0 radical (unpaired) electrons. The summed E-state index contributed by atoms with van der Waals surface area (Å²) in [5.74, 6) is 1.14. The van der Waals surface area contributed by atoms with E-state index in [0.717, 1.165) is 25.3 Å². The van der Waals surface area contributed by atoms with E-state index in [0.29, 0.717) is 11.8 Å². The second-order valence-electron chi connectivity index (χ2n) is 4.09. The van der Waals surface area contributed by atoms with Crippen molar-refractivity contribution in [3.8, 4) is 0 Å². The van der Waals surface area contributed by atoms with Crippen LogP contribution in [0.2, 0.25) is 0 Å². The fourth-order valence-electron chi connectivity index (χ4n) is 1.40. The molecule has 4 nitrogen and oxygen atoms in total. The fourth-order valence-corrected chi connectivity index (χ4v) is 1.40. The maximum atomic E-state index is 5.69. The van der Waals surface area contributed by atoms with Crippen LogP contribution in [0.3, 0.4) is 0 Å². The molecule has 1 aromatic rings. The summed E-state index contributed by atoms with van der Waals surface area (Å²) in [7, 11) is 0. The zero-order valence-corrected chi connectivity index (χ0v) is 9.48. The van der Waals surface area contributed by atoms with Gasteiger partial charge in [-0.05, 0) is 37.1 Å². The molecule has 0 amide bonds. The van der Waals surface area contributed by atoms with Gasteiger partial charge in [-0.25, -0.2) is 0 Å². The maximum absolute atomic E-state index is 5.69. The predicted octanol–water partition coefficient (Wildman–Crippen LogP) is 0.797. The Morgan fingerprint density at radius 2 is 2.27 bits per heavy atom. The van der Waals surface area contributed by atoms with Crippen molar-refractivity contribution in [2.24, 2.45) is 17.6 Å². The number of rotatable bonds is 6. The molecule has 1 rings (SSSR count). The lowest BCUT2D eigenvalue weighted by molar-refractivity contribution is 0.369. The van der Waals surface area contributed by atoms with Gasteiger partial charge in [-0.3, -0.25) is 0 Å². The minimum Gasteiger partial charge on any atom is -0.330 e. The van der Waals surface area contributed by atoms with Crippen LogP contribution in [0, 0.1) is 11.8 Å². The zero-order chi connectivity index (χ0) is 11.1. The van der Waals surface area contributed by atoms with Crippen LogP contribution in [0.4, 0.5) is 0 Å². The third-order valence-electron chi connectivity index (χ3n) is 2.59. The van der Waals surface area contributed by atoms with E-state index in [-0.39, 0.29) is 0 Å². The Bertz CT molecular complexity index is 261. The van der Waals surface area contributed by atoms with Gasteiger partial charge in [0.25, 0.3) is 0 Å². The Kier molecular flexibility index (Phi) is 5.21. The second-order valence-corrected chi connectivity index (χ2v) is 4.09. The van der Waals surface area contributed by atoms with Gasteiger partial charge < -0.3 is 11.1 Å². The molecule has 0 saturated heterocycles. The first-order chi connectivity index (χ1) is 7.24. The molecule has 1 unspecified atom stereocenters. The van der Waals surface area contributed by atoms with Crippen molar-refractivity contribution in [3.63, 3.8) is 0 Å². The van der Waals surface area contributed by atoms with Gasteiger partial charge in [0.1, 0.15) is 0 Å². The number of nitrogens with one attached hydrogen (secondary N) is 1. The summed E-state index contributed by atoms with van der Waals surface area (Å²) in [6, 6.07) is 3.86. The third kappa shape index (κ3) is 4.36. The lowest BCUT2D eigenvalue weighted by Crippen LogP contribution is -2.31. The molecule has 1 heterocycles. The van der Waals surface area contributed by atoms with E-state index in [1.165, 1.54) is 0 Å². The van der Waals surface area contributed by atoms with Gasteiger partial charge in [0, 0.05) is 12.7 Å². The SMILES string of the molecule is CC(C)C(CN)CNCc1cccnn1. The van der Waals surface area contributed by atoms with Crippen LogP contribution in [-0.4, -0.2) is 23.3 Å². The van der Waals surface area contributed by atoms with Crippen molar-refractivity contribution < 1.29 is 0 Å². The topological polar surface area (TPSA) is 63.8 Å². The zero-order valence-electron chi connectivity index (χ0n) is 9.48. The van der Waals surface area contributed by atoms with Gasteiger partial charge in [0.15, 0.2) is 0 Å². The Balaban J connectivity index is 2.27. The quantitative estimate of drug-likeness (QED) is 0.725. The highest BCUT2D eigenvalue weighted by Crippen LogP contribution is 2.07. The Morgan fingerprint density at radius 3 is 2.80 bits per heavy atom. The van der Waals surface area contributed by atoms with Crippen LogP contribution < -0.4 is 11.1 Å². The number of hydrogen-bond acceptors (Lipinski definition) is 4. The van der Waals surface area contributed by atoms with Crippen molar-refractivity contribution in [2.45, 2.75) is 20.4 Å². The molecule has 0 aliphatic heterocycles. The summed E-state index contributed by atoms with van der Waals surface area (Å²) in [6.45, 7) is 6.82. The molecule has 0 spiro atoms. The minimum atomic E-state index is 0.529. The average Bonchev–Trinajstić information content (AvgIpc) is 2.25. The van der Waals surface area contributed by atoms with Gasteiger partial charge in [-0.15, -0.1) is 0 Å². The normalized spacial score (nSPS) is 13.1. The first-order valence-electron chi connectivity index (χ1n) is 5.41. The van der Waals surface area contributed by atoms with Crippen LogP contribution in [0.15, 0.2) is 18.3 Å². The first-order valence-corrected chi connectivity index (χ1v) is 5.41. The van der Waals surface area contributed by atoms with E-state index in [9.17, 15) is 0 Å². The van der Waals surface area contributed by atoms with Crippen molar-refractivity contribution >= 4 is 0 Å². The van der Waals surface area contributed by atoms with Crippen molar-refractivity contribution in [3.05, 3.63) is 24.0 Å². The Labute approximate surface area is 91.3 Å². The molecule has 0 fully saturated rings. The smallest absolute Gasteiger partial charge is 0.0768 e. The highest BCUT2D eigenvalue weighted by atomic mass is 15.1. The van der Waals surface area contributed by atoms with Gasteiger partial charge >= 0.3 is 0 Å². The summed E-state index contributed by atoms with van der Waals surface area (Å²) in [6.07, 6.45) is 1.68. The standard InChI is InChI=1S/C11H20N4/c1-9(2)10(6-12)7-13-8-11-4-3-5-14-15-11/h3-5,9-10,13H,6-8,12H2,1-2H3. The van der Waals surface area contributed by atoms with E-state index in [1.54, 1.807) is 6.20 Å². The number of nitrogens with zero attached hydrogens (tertiary/aromatic N) is 2. The predicted molar refractivity (Wildman–Crippen MR) is 61.1 cm³/mol. The lowest BCUT2D eigenvalue weighted by Gasteiger charge is -2.18. The number of hydrogen-bond donors (Lipinski definition) is 2. The van der Waals surface area contributed by atoms with Crippen molar-refractivity contribution in [1.29, 1.82) is 0 Å². The average molecular weight is 208 g/mol. The highest BCUT2D eigenvalue weighted by molar-refractivity contribution is 4.98. The first kappa shape index (κ1) is 12.1. The van der Waals surface area contributed by atoms with Crippen LogP contribution in [0.1, 0.15) is 19.5 Å². The second kappa shape index (κ2) is 6.48. The summed E-state index contributed by atoms with van der Waals surface area (Å²) in [4.78, 5) is 0. The molecular weight excluding hydrogens is 188 g/mol. The molecule has 1 atom stereocenters. The molecule has 1 aromatic heterocycles. The third-order valence-corrected chi connectivity index (χ3v) is 2.59. The fraction of sp³-hybridized carbons (Fsp3) is 0.636. The summed E-state index contributed by atoms with van der Waals surface area (Å²) < 4.78 is 0. The van der Waals surface area contributed by atoms with Crippen LogP contribution >= 0.6 is 0 Å². The van der Waals surface area contributed by atoms with E-state index in [2.05, 4.69) is 29.4 Å². The summed E-state index contributed by atoms with van der Waals surface area (Å²) in [5, 5.41) is 11.2. The molecule has 0 bridgehead atoms. The Hall–Kier alpha value is -1.00. The molecule has 0 aliphatic carbocycles. The minimum absolute atomic E-state index is 0.529. The van der Waals surface area contributed by atoms with Crippen LogP contribution in [0.25, 0.3) is 0 Å². The van der Waals surface area contributed by atoms with E-state index >= 15 is 0 Å².